The first-order valence-electron chi connectivity index (χ1n) is 15.9. The Kier molecular flexibility index (Phi) is 8.87. The van der Waals surface area contributed by atoms with Crippen LogP contribution in [-0.2, 0) is 26.6 Å². The first-order valence-corrected chi connectivity index (χ1v) is 15.9. The van der Waals surface area contributed by atoms with E-state index >= 15 is 0 Å². The summed E-state index contributed by atoms with van der Waals surface area (Å²) in [6.45, 7) is 13.6. The lowest BCUT2D eigenvalue weighted by Crippen LogP contribution is -2.63. The zero-order valence-corrected chi connectivity index (χ0v) is 27.3. The van der Waals surface area contributed by atoms with Crippen molar-refractivity contribution in [1.82, 2.24) is 9.97 Å². The van der Waals surface area contributed by atoms with Crippen molar-refractivity contribution in [2.24, 2.45) is 34.0 Å². The lowest BCUT2D eigenvalue weighted by molar-refractivity contribution is -0.199. The van der Waals surface area contributed by atoms with E-state index in [2.05, 4.69) is 16.5 Å². The van der Waals surface area contributed by atoms with Crippen LogP contribution in [-0.4, -0.2) is 39.9 Å². The van der Waals surface area contributed by atoms with Crippen molar-refractivity contribution >= 4 is 17.7 Å². The van der Waals surface area contributed by atoms with E-state index in [-0.39, 0.29) is 29.5 Å². The van der Waals surface area contributed by atoms with Gasteiger partial charge in [0, 0.05) is 35.1 Å². The number of carbonyl (C=O) groups excluding carboxylic acids is 3. The Balaban J connectivity index is 1.58. The minimum absolute atomic E-state index is 0.103. The molecule has 0 amide bonds. The van der Waals surface area contributed by atoms with Crippen LogP contribution in [0.2, 0.25) is 0 Å². The number of hydrogen-bond donors (Lipinski definition) is 0. The number of allylic oxidation sites excluding steroid dienone is 1. The first-order chi connectivity index (χ1) is 22.2. The van der Waals surface area contributed by atoms with Crippen LogP contribution < -0.4 is 0 Å². The fraction of sp³-hybridized carbons (Fsp3) is 0.571. The first kappa shape index (κ1) is 35.5. The van der Waals surface area contributed by atoms with Crippen LogP contribution in [0.25, 0.3) is 0 Å². The van der Waals surface area contributed by atoms with Crippen molar-refractivity contribution in [3.05, 3.63) is 71.3 Å². The van der Waals surface area contributed by atoms with Crippen molar-refractivity contribution in [1.29, 1.82) is 0 Å². The van der Waals surface area contributed by atoms with Gasteiger partial charge < -0.3 is 9.47 Å². The summed E-state index contributed by atoms with van der Waals surface area (Å²) < 4.78 is 91.4. The van der Waals surface area contributed by atoms with Gasteiger partial charge in [-0.2, -0.15) is 26.3 Å². The number of pyridine rings is 2. The molecule has 13 heteroatoms. The molecule has 0 aliphatic heterocycles. The summed E-state index contributed by atoms with van der Waals surface area (Å²) in [6, 6.07) is 3.38. The van der Waals surface area contributed by atoms with E-state index in [1.54, 1.807) is 0 Å². The third-order valence-corrected chi connectivity index (χ3v) is 11.7. The average Bonchev–Trinajstić information content (AvgIpc) is 3.30. The minimum atomic E-state index is -4.66. The van der Waals surface area contributed by atoms with Crippen LogP contribution in [0.3, 0.4) is 0 Å². The molecule has 0 radical (unpaired) electrons. The fourth-order valence-electron chi connectivity index (χ4n) is 8.57. The molecule has 3 aliphatic rings. The third kappa shape index (κ3) is 5.80. The molecule has 3 saturated carbocycles. The van der Waals surface area contributed by atoms with E-state index in [0.29, 0.717) is 43.7 Å². The van der Waals surface area contributed by atoms with Crippen molar-refractivity contribution in [2.75, 3.05) is 0 Å². The Bertz CT molecular complexity index is 1610. The number of rotatable bonds is 5. The summed E-state index contributed by atoms with van der Waals surface area (Å²) in [6.07, 6.45) is -8.03. The summed E-state index contributed by atoms with van der Waals surface area (Å²) in [5.74, 6) is -3.34. The second kappa shape index (κ2) is 12.0. The Morgan fingerprint density at radius 2 is 1.44 bits per heavy atom. The molecular formula is C35H38F6N2O5. The number of hydrogen-bond acceptors (Lipinski definition) is 7. The van der Waals surface area contributed by atoms with Gasteiger partial charge in [0.25, 0.3) is 0 Å². The van der Waals surface area contributed by atoms with E-state index < -0.39 is 75.7 Å². The minimum Gasteiger partial charge on any atom is -0.457 e. The number of ketones is 1. The molecule has 5 rings (SSSR count). The molecule has 2 aromatic heterocycles. The van der Waals surface area contributed by atoms with Crippen LogP contribution in [0.1, 0.15) is 98.8 Å². The number of aromatic nitrogens is 2. The molecule has 8 atom stereocenters. The number of Topliss-reactive ketones (excluding diaryl/α,β-unsaturated/α-hetero) is 1. The molecule has 7 nitrogen and oxygen atoms in total. The van der Waals surface area contributed by atoms with Crippen LogP contribution in [0.4, 0.5) is 26.3 Å². The standard InChI is InChI=1S/C35H38F6N2O5/c1-7-31(5)15-25(47-29(45)23-10-8-21(16-42-23)34(36,37)38)32(6)19(3)12-13-33(14-18(2)26(44)27(32)33)20(4)28(31)48-30(46)24-11-9-22(17-43-24)35(39,40)41/h8-11,16-17,19-20,25,27-28H,2,7,12-15H2,1,3-6H3/t19-,20+,25-,27+,28+,31-,32+,33+/m1/s1. The molecule has 0 N–H and O–H groups in total. The quantitative estimate of drug-likeness (QED) is 0.178. The van der Waals surface area contributed by atoms with Gasteiger partial charge in [-0.05, 0) is 73.3 Å². The van der Waals surface area contributed by atoms with Gasteiger partial charge in [0.15, 0.2) is 5.78 Å². The maximum absolute atomic E-state index is 14.1. The molecule has 0 unspecified atom stereocenters. The van der Waals surface area contributed by atoms with Gasteiger partial charge in [0.1, 0.15) is 23.6 Å². The number of nitrogens with zero attached hydrogens (tertiary/aromatic N) is 2. The average molecular weight is 681 g/mol. The Morgan fingerprint density at radius 3 is 1.90 bits per heavy atom. The zero-order valence-electron chi connectivity index (χ0n) is 27.3. The lowest BCUT2D eigenvalue weighted by atomic mass is 9.43. The highest BCUT2D eigenvalue weighted by Gasteiger charge is 2.70. The van der Waals surface area contributed by atoms with Crippen LogP contribution in [0.5, 0.6) is 0 Å². The molecule has 0 aromatic carbocycles. The SMILES string of the molecule is C=C1C[C@]23CC[C@@H](C)[C@](C)([C@@H]2C1=O)[C@H](OC(=O)c1ccc(C(F)(F)F)cn1)C[C@@](C)(CC)[C@@H](OC(=O)c1ccc(C(F)(F)F)cn1)[C@@H]3C. The maximum Gasteiger partial charge on any atom is 0.417 e. The number of esters is 2. The Labute approximate surface area is 274 Å². The van der Waals surface area contributed by atoms with Gasteiger partial charge in [0.05, 0.1) is 11.1 Å². The highest BCUT2D eigenvalue weighted by Crippen LogP contribution is 2.69. The summed E-state index contributed by atoms with van der Waals surface area (Å²) in [5.41, 5.74) is -4.92. The summed E-state index contributed by atoms with van der Waals surface area (Å²) in [4.78, 5) is 48.6. The number of alkyl halides is 6. The van der Waals surface area contributed by atoms with Crippen LogP contribution in [0.15, 0.2) is 48.8 Å². The summed E-state index contributed by atoms with van der Waals surface area (Å²) in [5, 5.41) is 0. The number of carbonyl (C=O) groups is 3. The molecule has 260 valence electrons. The van der Waals surface area contributed by atoms with Crippen molar-refractivity contribution in [3.63, 3.8) is 0 Å². The molecule has 2 bridgehead atoms. The molecule has 3 aliphatic carbocycles. The second-order valence-corrected chi connectivity index (χ2v) is 14.2. The van der Waals surface area contributed by atoms with Gasteiger partial charge in [0.2, 0.25) is 0 Å². The number of ether oxygens (including phenoxy) is 2. The largest absolute Gasteiger partial charge is 0.457 e. The molecular weight excluding hydrogens is 642 g/mol. The van der Waals surface area contributed by atoms with Gasteiger partial charge in [-0.1, -0.05) is 41.2 Å². The monoisotopic (exact) mass is 680 g/mol. The van der Waals surface area contributed by atoms with Gasteiger partial charge >= 0.3 is 24.3 Å². The Morgan fingerprint density at radius 1 is 0.917 bits per heavy atom. The van der Waals surface area contributed by atoms with Gasteiger partial charge in [-0.15, -0.1) is 0 Å². The van der Waals surface area contributed by atoms with Gasteiger partial charge in [-0.3, -0.25) is 4.79 Å². The highest BCUT2D eigenvalue weighted by molar-refractivity contribution is 6.01. The summed E-state index contributed by atoms with van der Waals surface area (Å²) in [7, 11) is 0. The third-order valence-electron chi connectivity index (χ3n) is 11.7. The predicted octanol–water partition coefficient (Wildman–Crippen LogP) is 8.29. The molecule has 2 heterocycles. The normalized spacial score (nSPS) is 33.8. The predicted molar refractivity (Wildman–Crippen MR) is 160 cm³/mol. The molecule has 2 aromatic rings. The van der Waals surface area contributed by atoms with E-state index in [4.69, 9.17) is 9.47 Å². The molecule has 0 saturated heterocycles. The fourth-order valence-corrected chi connectivity index (χ4v) is 8.57. The highest BCUT2D eigenvalue weighted by atomic mass is 19.4. The van der Waals surface area contributed by atoms with E-state index in [9.17, 15) is 40.7 Å². The molecule has 48 heavy (non-hydrogen) atoms. The molecule has 0 spiro atoms. The van der Waals surface area contributed by atoms with Crippen molar-refractivity contribution in [3.8, 4) is 0 Å². The van der Waals surface area contributed by atoms with E-state index in [1.807, 2.05) is 34.6 Å². The summed E-state index contributed by atoms with van der Waals surface area (Å²) >= 11 is 0. The van der Waals surface area contributed by atoms with Gasteiger partial charge in [-0.25, -0.2) is 19.6 Å². The second-order valence-electron chi connectivity index (χ2n) is 14.2. The van der Waals surface area contributed by atoms with Crippen LogP contribution >= 0.6 is 0 Å². The van der Waals surface area contributed by atoms with Crippen LogP contribution in [0, 0.1) is 34.0 Å². The Hall–Kier alpha value is -3.77. The maximum atomic E-state index is 14.1. The lowest BCUT2D eigenvalue weighted by Gasteiger charge is -2.62. The molecule has 3 fully saturated rings. The van der Waals surface area contributed by atoms with Crippen molar-refractivity contribution in [2.45, 2.75) is 91.3 Å². The van der Waals surface area contributed by atoms with Crippen molar-refractivity contribution < 1.29 is 50.2 Å². The van der Waals surface area contributed by atoms with E-state index in [1.165, 1.54) is 0 Å². The smallest absolute Gasteiger partial charge is 0.417 e. The number of halogens is 6. The van der Waals surface area contributed by atoms with E-state index in [0.717, 1.165) is 24.3 Å². The topological polar surface area (TPSA) is 95.5 Å². The zero-order chi connectivity index (χ0) is 35.6.